The molecule has 12 nitrogen and oxygen atoms in total. The maximum absolute atomic E-state index is 13.3. The number of rotatable bonds is 10. The van der Waals surface area contributed by atoms with Crippen LogP contribution >= 0.6 is 0 Å². The highest BCUT2D eigenvalue weighted by Gasteiger charge is 2.23. The monoisotopic (exact) mass is 602 g/mol. The number of nitrogens with two attached hydrogens (primary N) is 1. The molecular weight excluding hydrogens is 564 g/mol. The van der Waals surface area contributed by atoms with Gasteiger partial charge in [-0.2, -0.15) is 0 Å². The highest BCUT2D eigenvalue weighted by Crippen LogP contribution is 2.33. The molecule has 0 atom stereocenters. The molecule has 44 heavy (non-hydrogen) atoms. The van der Waals surface area contributed by atoms with Gasteiger partial charge in [0.25, 0.3) is 11.6 Å². The number of hydrogen-bond acceptors (Lipinski definition) is 8. The van der Waals surface area contributed by atoms with Crippen LogP contribution < -0.4 is 16.0 Å². The van der Waals surface area contributed by atoms with E-state index in [2.05, 4.69) is 16.3 Å². The van der Waals surface area contributed by atoms with E-state index < -0.39 is 4.92 Å². The summed E-state index contributed by atoms with van der Waals surface area (Å²) >= 11 is 0. The van der Waals surface area contributed by atoms with Crippen LogP contribution in [0.1, 0.15) is 22.3 Å². The summed E-state index contributed by atoms with van der Waals surface area (Å²) in [7, 11) is 0. The van der Waals surface area contributed by atoms with Crippen molar-refractivity contribution in [3.63, 3.8) is 0 Å². The highest BCUT2D eigenvalue weighted by atomic mass is 16.6. The Hall–Kier alpha value is -4.52. The number of morpholine rings is 2. The van der Waals surface area contributed by atoms with Crippen molar-refractivity contribution in [2.24, 2.45) is 5.73 Å². The Kier molecular flexibility index (Phi) is 10.4. The minimum absolute atomic E-state index is 0.0155. The summed E-state index contributed by atoms with van der Waals surface area (Å²) in [6.45, 7) is 6.26. The van der Waals surface area contributed by atoms with Crippen LogP contribution in [-0.2, 0) is 16.0 Å². The molecule has 3 aromatic carbocycles. The third-order valence-electron chi connectivity index (χ3n) is 7.75. The van der Waals surface area contributed by atoms with Crippen LogP contribution in [0, 0.1) is 10.1 Å². The number of nitrogens with one attached hydrogen (secondary N) is 1. The number of nitro groups is 1. The fourth-order valence-electron chi connectivity index (χ4n) is 5.37. The molecule has 0 saturated carbocycles. The van der Waals surface area contributed by atoms with E-state index in [1.807, 2.05) is 46.2 Å². The molecular formula is C32H38N6O6. The van der Waals surface area contributed by atoms with Crippen LogP contribution in [0.4, 0.5) is 21.9 Å². The molecule has 3 aromatic rings. The van der Waals surface area contributed by atoms with Crippen LogP contribution in [0.25, 0.3) is 11.1 Å². The molecule has 232 valence electrons. The Bertz CT molecular complexity index is 1450. The lowest BCUT2D eigenvalue weighted by Crippen LogP contribution is -2.48. The quantitative estimate of drug-likeness (QED) is 0.262. The van der Waals surface area contributed by atoms with Crippen molar-refractivity contribution in [3.8, 4) is 11.1 Å². The van der Waals surface area contributed by atoms with Crippen molar-refractivity contribution in [1.82, 2.24) is 9.80 Å². The van der Waals surface area contributed by atoms with E-state index in [0.717, 1.165) is 22.4 Å². The first-order valence-corrected chi connectivity index (χ1v) is 14.9. The number of carbonyl (C=O) groups is 2. The van der Waals surface area contributed by atoms with Gasteiger partial charge in [-0.15, -0.1) is 0 Å². The van der Waals surface area contributed by atoms with Gasteiger partial charge in [0.15, 0.2) is 0 Å². The molecule has 0 radical (unpaired) electrons. The van der Waals surface area contributed by atoms with Gasteiger partial charge in [0.2, 0.25) is 0 Å². The van der Waals surface area contributed by atoms with E-state index in [0.29, 0.717) is 89.9 Å². The number of nitrogens with zero attached hydrogens (tertiary/aromatic N) is 4. The molecule has 2 aliphatic rings. The number of benzene rings is 3. The molecule has 2 fully saturated rings. The molecule has 5 rings (SSSR count). The SMILES string of the molecule is NCCCN(Cc1cccc(-c2ccc(N3CCOCC3)c(NC(=O)c3ccc([N+](=O)[O-])cc3)c2)c1)C(=O)N1CCOCC1. The molecule has 12 heteroatoms. The van der Waals surface area contributed by atoms with Gasteiger partial charge in [-0.25, -0.2) is 4.79 Å². The topological polar surface area (TPSA) is 144 Å². The van der Waals surface area contributed by atoms with E-state index in [4.69, 9.17) is 15.2 Å². The summed E-state index contributed by atoms with van der Waals surface area (Å²) in [6.07, 6.45) is 0.705. The van der Waals surface area contributed by atoms with Gasteiger partial charge in [0, 0.05) is 57.0 Å². The zero-order valence-electron chi connectivity index (χ0n) is 24.7. The first-order chi connectivity index (χ1) is 21.4. The van der Waals surface area contributed by atoms with Crippen molar-refractivity contribution in [3.05, 3.63) is 88.0 Å². The second kappa shape index (κ2) is 14.8. The largest absolute Gasteiger partial charge is 0.378 e. The van der Waals surface area contributed by atoms with Crippen molar-refractivity contribution < 1.29 is 24.0 Å². The number of amides is 3. The van der Waals surface area contributed by atoms with Crippen LogP contribution in [-0.4, -0.2) is 92.4 Å². The van der Waals surface area contributed by atoms with Gasteiger partial charge < -0.3 is 35.2 Å². The zero-order valence-corrected chi connectivity index (χ0v) is 24.7. The Balaban J connectivity index is 1.40. The second-order valence-electron chi connectivity index (χ2n) is 10.7. The molecule has 2 saturated heterocycles. The predicted molar refractivity (Wildman–Crippen MR) is 168 cm³/mol. The van der Waals surface area contributed by atoms with Crippen LogP contribution in [0.3, 0.4) is 0 Å². The summed E-state index contributed by atoms with van der Waals surface area (Å²) in [5.41, 5.74) is 10.3. The number of hydrogen-bond donors (Lipinski definition) is 2. The average molecular weight is 603 g/mol. The smallest absolute Gasteiger partial charge is 0.320 e. The van der Waals surface area contributed by atoms with Gasteiger partial charge >= 0.3 is 6.03 Å². The third-order valence-corrected chi connectivity index (χ3v) is 7.75. The molecule has 0 bridgehead atoms. The summed E-state index contributed by atoms with van der Waals surface area (Å²) in [4.78, 5) is 43.0. The maximum Gasteiger partial charge on any atom is 0.320 e. The predicted octanol–water partition coefficient (Wildman–Crippen LogP) is 3.95. The minimum atomic E-state index is -0.494. The first-order valence-electron chi connectivity index (χ1n) is 14.9. The number of ether oxygens (including phenoxy) is 2. The highest BCUT2D eigenvalue weighted by molar-refractivity contribution is 6.06. The number of urea groups is 1. The summed E-state index contributed by atoms with van der Waals surface area (Å²) in [6, 6.07) is 19.5. The maximum atomic E-state index is 13.3. The normalized spacial score (nSPS) is 15.1. The van der Waals surface area contributed by atoms with E-state index in [9.17, 15) is 19.7 Å². The lowest BCUT2D eigenvalue weighted by molar-refractivity contribution is -0.384. The average Bonchev–Trinajstić information content (AvgIpc) is 3.07. The van der Waals surface area contributed by atoms with E-state index >= 15 is 0 Å². The van der Waals surface area contributed by atoms with Crippen LogP contribution in [0.2, 0.25) is 0 Å². The molecule has 0 spiro atoms. The third kappa shape index (κ3) is 7.70. The Morgan fingerprint density at radius 2 is 1.59 bits per heavy atom. The van der Waals surface area contributed by atoms with Crippen molar-refractivity contribution >= 4 is 29.0 Å². The molecule has 3 N–H and O–H groups in total. The minimum Gasteiger partial charge on any atom is -0.378 e. The molecule has 2 heterocycles. The lowest BCUT2D eigenvalue weighted by Gasteiger charge is -2.33. The van der Waals surface area contributed by atoms with Crippen LogP contribution in [0.15, 0.2) is 66.7 Å². The first kappa shape index (κ1) is 30.9. The summed E-state index contributed by atoms with van der Waals surface area (Å²) < 4.78 is 11.0. The number of non-ortho nitro benzene ring substituents is 1. The zero-order chi connectivity index (χ0) is 30.9. The van der Waals surface area contributed by atoms with E-state index in [1.165, 1.54) is 24.3 Å². The molecule has 0 aromatic heterocycles. The number of anilines is 2. The molecule has 0 unspecified atom stereocenters. The van der Waals surface area contributed by atoms with E-state index in [-0.39, 0.29) is 17.6 Å². The van der Waals surface area contributed by atoms with Crippen molar-refractivity contribution in [2.75, 3.05) is 75.9 Å². The summed E-state index contributed by atoms with van der Waals surface area (Å²) in [5, 5.41) is 14.1. The number of nitro benzene ring substituents is 1. The van der Waals surface area contributed by atoms with Gasteiger partial charge in [-0.3, -0.25) is 14.9 Å². The fourth-order valence-corrected chi connectivity index (χ4v) is 5.37. The lowest BCUT2D eigenvalue weighted by atomic mass is 10.0. The van der Waals surface area contributed by atoms with E-state index in [1.54, 1.807) is 0 Å². The molecule has 3 amide bonds. The fraction of sp³-hybridized carbons (Fsp3) is 0.375. The van der Waals surface area contributed by atoms with Crippen LogP contribution in [0.5, 0.6) is 0 Å². The van der Waals surface area contributed by atoms with Gasteiger partial charge in [0.05, 0.1) is 42.7 Å². The van der Waals surface area contributed by atoms with Gasteiger partial charge in [-0.05, 0) is 60.0 Å². The van der Waals surface area contributed by atoms with Gasteiger partial charge in [0.1, 0.15) is 0 Å². The molecule has 0 aliphatic carbocycles. The number of carbonyl (C=O) groups excluding carboxylic acids is 2. The van der Waals surface area contributed by atoms with Crippen molar-refractivity contribution in [2.45, 2.75) is 13.0 Å². The standard InChI is InChI=1S/C32H38N6O6/c33-11-2-12-37(32(40)36-15-19-44-20-16-36)23-24-3-1-4-26(21-24)27-7-10-30(35-13-17-43-18-14-35)29(22-27)34-31(39)25-5-8-28(9-6-25)38(41)42/h1,3-10,21-22H,2,11-20,23,33H2,(H,34,39). The molecule has 2 aliphatic heterocycles. The van der Waals surface area contributed by atoms with Gasteiger partial charge in [-0.1, -0.05) is 24.3 Å². The second-order valence-corrected chi connectivity index (χ2v) is 10.7. The Morgan fingerprint density at radius 1 is 0.909 bits per heavy atom. The Morgan fingerprint density at radius 3 is 2.27 bits per heavy atom. The van der Waals surface area contributed by atoms with Crippen molar-refractivity contribution in [1.29, 1.82) is 0 Å². The summed E-state index contributed by atoms with van der Waals surface area (Å²) in [5.74, 6) is -0.363. The Labute approximate surface area is 256 Å².